The fraction of sp³-hybridized carbons (Fsp3) is 0.259. The molecule has 1 atom stereocenters. The summed E-state index contributed by atoms with van der Waals surface area (Å²) in [6.07, 6.45) is 8.29. The number of nitro groups is 1. The van der Waals surface area contributed by atoms with Crippen molar-refractivity contribution in [1.82, 2.24) is 40.9 Å². The second kappa shape index (κ2) is 26.2. The number of hydrogen-bond acceptors (Lipinski definition) is 15. The first-order valence-corrected chi connectivity index (χ1v) is 26.7. The summed E-state index contributed by atoms with van der Waals surface area (Å²) >= 11 is 1.21. The zero-order chi connectivity index (χ0) is 55.9. The molecule has 0 saturated carbocycles. The highest BCUT2D eigenvalue weighted by Crippen LogP contribution is 2.34. The van der Waals surface area contributed by atoms with Crippen LogP contribution in [0.25, 0.3) is 32.6 Å². The lowest BCUT2D eigenvalue weighted by molar-refractivity contribution is -0.383. The Morgan fingerprint density at radius 3 is 2.28 bits per heavy atom. The third-order valence-electron chi connectivity index (χ3n) is 12.5. The molecule has 0 aliphatic carbocycles. The molecule has 3 aromatic heterocycles. The molecule has 0 aliphatic heterocycles. The van der Waals surface area contributed by atoms with E-state index in [0.29, 0.717) is 83.6 Å². The van der Waals surface area contributed by atoms with Crippen LogP contribution in [0.3, 0.4) is 0 Å². The normalized spacial score (nSPS) is 12.0. The Balaban J connectivity index is 0.756. The van der Waals surface area contributed by atoms with E-state index in [0.717, 1.165) is 27.5 Å². The van der Waals surface area contributed by atoms with Gasteiger partial charge in [0, 0.05) is 95.2 Å². The molecule has 0 fully saturated rings. The van der Waals surface area contributed by atoms with Crippen molar-refractivity contribution in [1.29, 1.82) is 0 Å². The number of anilines is 2. The third-order valence-corrected chi connectivity index (χ3v) is 13.4. The maximum atomic E-state index is 13.4. The van der Waals surface area contributed by atoms with Crippen LogP contribution >= 0.6 is 11.8 Å². The van der Waals surface area contributed by atoms with Crippen LogP contribution < -0.4 is 26.2 Å². The first-order chi connectivity index (χ1) is 38.1. The summed E-state index contributed by atoms with van der Waals surface area (Å²) in [5.41, 5.74) is 4.84. The number of nitro benzene ring substituents is 1. The van der Waals surface area contributed by atoms with Gasteiger partial charge in [0.1, 0.15) is 11.7 Å². The Hall–Kier alpha value is -9.24. The number of benzene rings is 5. The lowest BCUT2D eigenvalue weighted by Gasteiger charge is -2.26. The van der Waals surface area contributed by atoms with Crippen molar-refractivity contribution in [2.45, 2.75) is 78.0 Å². The number of allylic oxidation sites excluding steroid dienone is 1. The molecule has 0 radical (unpaired) electrons. The van der Waals surface area contributed by atoms with Gasteiger partial charge in [0.15, 0.2) is 5.78 Å². The molecule has 5 aromatic carbocycles. The molecule has 0 unspecified atom stereocenters. The molecule has 0 aliphatic rings. The summed E-state index contributed by atoms with van der Waals surface area (Å²) in [6.45, 7) is 9.17. The minimum absolute atomic E-state index is 0.00499. The van der Waals surface area contributed by atoms with Crippen molar-refractivity contribution >= 4 is 102 Å². The van der Waals surface area contributed by atoms with Gasteiger partial charge in [0.2, 0.25) is 17.7 Å². The minimum Gasteiger partial charge on any atom is -0.371 e. The first-order valence-electron chi connectivity index (χ1n) is 25.7. The number of pyridine rings is 2. The minimum atomic E-state index is -0.891. The zero-order valence-electron chi connectivity index (χ0n) is 44.1. The average Bonchev–Trinajstić information content (AvgIpc) is 3.97. The number of thioether (sulfide) groups is 1. The van der Waals surface area contributed by atoms with Crippen molar-refractivity contribution in [2.24, 2.45) is 10.2 Å². The first kappa shape index (κ1) is 56.0. The smallest absolute Gasteiger partial charge is 0.277 e. The quantitative estimate of drug-likeness (QED) is 0.00836. The topological polar surface area (TPSA) is 261 Å². The predicted octanol–water partition coefficient (Wildman–Crippen LogP) is 10.3. The lowest BCUT2D eigenvalue weighted by Crippen LogP contribution is -2.53. The number of aryl methyl sites for hydroxylation is 1. The van der Waals surface area contributed by atoms with Gasteiger partial charge in [-0.3, -0.25) is 48.7 Å². The van der Waals surface area contributed by atoms with Crippen LogP contribution in [0.4, 0.5) is 28.4 Å². The number of rotatable bonds is 24. The van der Waals surface area contributed by atoms with Crippen LogP contribution in [0.15, 0.2) is 156 Å². The van der Waals surface area contributed by atoms with E-state index in [4.69, 9.17) is 0 Å². The molecule has 21 heteroatoms. The van der Waals surface area contributed by atoms with Gasteiger partial charge in [-0.25, -0.2) is 0 Å². The van der Waals surface area contributed by atoms with E-state index >= 15 is 0 Å². The Bertz CT molecular complexity index is 3580. The molecule has 8 rings (SSSR count). The summed E-state index contributed by atoms with van der Waals surface area (Å²) in [6, 6.07) is 32.1. The van der Waals surface area contributed by atoms with Gasteiger partial charge in [0.05, 0.1) is 51.1 Å². The average molecular weight is 1080 g/mol. The molecule has 4 amide bonds. The summed E-state index contributed by atoms with van der Waals surface area (Å²) in [4.78, 5) is 87.9. The van der Waals surface area contributed by atoms with Gasteiger partial charge in [-0.2, -0.15) is 5.11 Å². The molecule has 0 bridgehead atoms. The Morgan fingerprint density at radius 1 is 0.810 bits per heavy atom. The molecule has 79 heavy (non-hydrogen) atoms. The number of carbonyl (C=O) groups excluding carboxylic acids is 5. The molecule has 8 aromatic rings. The summed E-state index contributed by atoms with van der Waals surface area (Å²) in [5.74, 6) is -1.28. The van der Waals surface area contributed by atoms with Crippen LogP contribution in [0.1, 0.15) is 79.8 Å². The number of nitrogens with one attached hydrogen (secondary N) is 4. The van der Waals surface area contributed by atoms with Gasteiger partial charge < -0.3 is 26.2 Å². The van der Waals surface area contributed by atoms with Crippen molar-refractivity contribution in [3.05, 3.63) is 172 Å². The Labute approximate surface area is 459 Å². The highest BCUT2D eigenvalue weighted by Gasteiger charge is 2.25. The van der Waals surface area contributed by atoms with Crippen LogP contribution in [0.2, 0.25) is 0 Å². The number of aromatic nitrogens is 5. The van der Waals surface area contributed by atoms with Crippen molar-refractivity contribution in [2.75, 3.05) is 29.1 Å². The zero-order valence-corrected chi connectivity index (χ0v) is 44.9. The van der Waals surface area contributed by atoms with E-state index in [9.17, 15) is 34.1 Å². The summed E-state index contributed by atoms with van der Waals surface area (Å²) in [5, 5.41) is 44.7. The van der Waals surface area contributed by atoms with E-state index in [1.807, 2.05) is 75.1 Å². The number of non-ortho nitro benzene ring substituents is 1. The maximum absolute atomic E-state index is 13.4. The third kappa shape index (κ3) is 15.2. The van der Waals surface area contributed by atoms with Crippen molar-refractivity contribution in [3.8, 4) is 0 Å². The van der Waals surface area contributed by atoms with Crippen LogP contribution in [0.5, 0.6) is 0 Å². The van der Waals surface area contributed by atoms with E-state index < -0.39 is 16.5 Å². The molecule has 4 N–H and O–H groups in total. The number of hydrogen-bond donors (Lipinski definition) is 4. The van der Waals surface area contributed by atoms with Gasteiger partial charge in [-0.1, -0.05) is 41.6 Å². The van der Waals surface area contributed by atoms with Gasteiger partial charge in [-0.05, 0) is 125 Å². The second-order valence-corrected chi connectivity index (χ2v) is 20.4. The molecular formula is C58H59N13O7S. The monoisotopic (exact) mass is 1080 g/mol. The van der Waals surface area contributed by atoms with Gasteiger partial charge >= 0.3 is 0 Å². The fourth-order valence-corrected chi connectivity index (χ4v) is 9.32. The van der Waals surface area contributed by atoms with Gasteiger partial charge in [-0.15, -0.1) is 22.0 Å². The highest BCUT2D eigenvalue weighted by molar-refractivity contribution is 8.02. The number of nitrogens with zero attached hydrogens (tertiary/aromatic N) is 9. The molecule has 20 nitrogen and oxygen atoms in total. The second-order valence-electron chi connectivity index (χ2n) is 19.4. The summed E-state index contributed by atoms with van der Waals surface area (Å²) < 4.78 is 1.68. The van der Waals surface area contributed by atoms with E-state index in [2.05, 4.69) is 51.8 Å². The van der Waals surface area contributed by atoms with Crippen LogP contribution in [-0.4, -0.2) is 89.7 Å². The standard InChI is InChI=1S/C58H59N13O7S/c1-5-69(43-23-21-41(22-24-43)65-67-47-25-26-50(71(77)78)45-14-7-6-13-44(45)47)32-27-53(74)63-49(57(76)64-58(2,3)4)37-79-33-28-51(72)38-17-19-39(20-18-38)56(75)61-35-42-36-70(68-66-42)31-9-8-16-52(73)62-48-34-40-12-10-29-59-54(40)55-46(48)15-11-30-60-55/h6-7,10-15,17-26,28-30,33-34,36,49H,5,8-9,16,27,31-32,35,37H2,1-4H3,(H,61,75)(H,62,73)(H,63,74)(H,64,76)/b33-28+,67-65?/t49-/m0/s1. The number of unbranched alkanes of at least 4 members (excludes halogenated alkanes) is 1. The van der Waals surface area contributed by atoms with Crippen molar-refractivity contribution < 1.29 is 28.9 Å². The largest absolute Gasteiger partial charge is 0.371 e. The van der Waals surface area contributed by atoms with E-state index in [1.54, 1.807) is 95.4 Å². The Kier molecular flexibility index (Phi) is 18.6. The fourth-order valence-electron chi connectivity index (χ4n) is 8.57. The molecule has 0 saturated heterocycles. The molecule has 3 heterocycles. The Morgan fingerprint density at radius 2 is 1.53 bits per heavy atom. The van der Waals surface area contributed by atoms with Crippen LogP contribution in [0, 0.1) is 10.1 Å². The SMILES string of the molecule is CCN(CCC(=O)N[C@@H](CS/C=C/C(=O)c1ccc(C(=O)NCc2cn(CCCCC(=O)Nc3cc4cccnc4c4ncccc34)nn2)cc1)C(=O)NC(C)(C)C)c1ccc(N=Nc2ccc([N+](=O)[O-])c3ccccc23)cc1. The molecule has 0 spiro atoms. The van der Waals surface area contributed by atoms with Crippen LogP contribution in [-0.2, 0) is 27.5 Å². The van der Waals surface area contributed by atoms with Gasteiger partial charge in [0.25, 0.3) is 11.6 Å². The number of carbonyl (C=O) groups is 5. The number of ketones is 1. The number of amides is 4. The highest BCUT2D eigenvalue weighted by atomic mass is 32.2. The summed E-state index contributed by atoms with van der Waals surface area (Å²) in [7, 11) is 0. The maximum Gasteiger partial charge on any atom is 0.277 e. The van der Waals surface area contributed by atoms with E-state index in [-0.39, 0.29) is 53.8 Å². The molecular weight excluding hydrogens is 1020 g/mol. The number of azo groups is 1. The lowest BCUT2D eigenvalue weighted by atomic mass is 10.1. The predicted molar refractivity (Wildman–Crippen MR) is 307 cm³/mol. The number of fused-ring (bicyclic) bond motifs is 4. The molecule has 404 valence electrons. The van der Waals surface area contributed by atoms with Crippen molar-refractivity contribution in [3.63, 3.8) is 0 Å². The van der Waals surface area contributed by atoms with E-state index in [1.165, 1.54) is 23.9 Å².